The van der Waals surface area contributed by atoms with Crippen molar-refractivity contribution in [2.75, 3.05) is 32.1 Å². The van der Waals surface area contributed by atoms with Crippen LogP contribution in [0.3, 0.4) is 0 Å². The molecule has 0 N–H and O–H groups in total. The zero-order valence-corrected chi connectivity index (χ0v) is 14.1. The van der Waals surface area contributed by atoms with E-state index in [9.17, 15) is 0 Å². The highest BCUT2D eigenvalue weighted by atomic mass is 79.9. The predicted molar refractivity (Wildman–Crippen MR) is 90.2 cm³/mol. The molecular weight excluding hydrogens is 328 g/mol. The van der Waals surface area contributed by atoms with Crippen molar-refractivity contribution in [1.29, 1.82) is 0 Å². The van der Waals surface area contributed by atoms with Gasteiger partial charge in [-0.2, -0.15) is 0 Å². The van der Waals surface area contributed by atoms with E-state index in [4.69, 9.17) is 0 Å². The quantitative estimate of drug-likeness (QED) is 0.851. The number of rotatable bonds is 3. The van der Waals surface area contributed by atoms with Gasteiger partial charge in [0.1, 0.15) is 10.9 Å². The van der Waals surface area contributed by atoms with Crippen molar-refractivity contribution < 1.29 is 0 Å². The number of hydrogen-bond acceptors (Lipinski definition) is 3. The standard InChI is InChI=1S/C16H21BrN4/c1-19(2)13-7-9-20(10-8-13)14-3-5-15(6-4-14)21-11-16(17)18-12-21/h3-6,11-13H,7-10H2,1-2H3. The van der Waals surface area contributed by atoms with Crippen LogP contribution in [0.15, 0.2) is 41.4 Å². The summed E-state index contributed by atoms with van der Waals surface area (Å²) in [5.41, 5.74) is 2.45. The number of hydrogen-bond donors (Lipinski definition) is 0. The maximum atomic E-state index is 4.19. The molecule has 0 aliphatic carbocycles. The topological polar surface area (TPSA) is 24.3 Å². The van der Waals surface area contributed by atoms with Crippen molar-refractivity contribution in [3.05, 3.63) is 41.4 Å². The zero-order valence-electron chi connectivity index (χ0n) is 12.5. The molecule has 0 saturated carbocycles. The molecular formula is C16H21BrN4. The largest absolute Gasteiger partial charge is 0.371 e. The van der Waals surface area contributed by atoms with Crippen LogP contribution < -0.4 is 4.90 Å². The third kappa shape index (κ3) is 3.30. The molecule has 1 aromatic carbocycles. The van der Waals surface area contributed by atoms with Crippen molar-refractivity contribution in [2.24, 2.45) is 0 Å². The minimum absolute atomic E-state index is 0.726. The molecule has 1 aliphatic heterocycles. The fraction of sp³-hybridized carbons (Fsp3) is 0.438. The third-order valence-electron chi connectivity index (χ3n) is 4.26. The smallest absolute Gasteiger partial charge is 0.124 e. The highest BCUT2D eigenvalue weighted by Gasteiger charge is 2.20. The van der Waals surface area contributed by atoms with Gasteiger partial charge in [-0.05, 0) is 67.1 Å². The lowest BCUT2D eigenvalue weighted by Crippen LogP contribution is -2.41. The fourth-order valence-corrected chi connectivity index (χ4v) is 3.23. The Kier molecular flexibility index (Phi) is 4.31. The van der Waals surface area contributed by atoms with Gasteiger partial charge in [-0.25, -0.2) is 4.98 Å². The zero-order chi connectivity index (χ0) is 14.8. The van der Waals surface area contributed by atoms with Crippen LogP contribution in [0, 0.1) is 0 Å². The number of imidazole rings is 1. The number of aromatic nitrogens is 2. The van der Waals surface area contributed by atoms with Gasteiger partial charge in [0.25, 0.3) is 0 Å². The number of halogens is 1. The van der Waals surface area contributed by atoms with Crippen LogP contribution in [0.5, 0.6) is 0 Å². The van der Waals surface area contributed by atoms with Crippen LogP contribution in [0.4, 0.5) is 5.69 Å². The minimum Gasteiger partial charge on any atom is -0.371 e. The maximum absolute atomic E-state index is 4.19. The first-order chi connectivity index (χ1) is 10.1. The molecule has 5 heteroatoms. The highest BCUT2D eigenvalue weighted by Crippen LogP contribution is 2.23. The predicted octanol–water partition coefficient (Wildman–Crippen LogP) is 3.17. The van der Waals surface area contributed by atoms with E-state index in [-0.39, 0.29) is 0 Å². The summed E-state index contributed by atoms with van der Waals surface area (Å²) >= 11 is 3.38. The molecule has 1 fully saturated rings. The summed E-state index contributed by atoms with van der Waals surface area (Å²) in [7, 11) is 4.36. The van der Waals surface area contributed by atoms with Gasteiger partial charge < -0.3 is 14.4 Å². The van der Waals surface area contributed by atoms with Crippen LogP contribution in [0.1, 0.15) is 12.8 Å². The van der Waals surface area contributed by atoms with E-state index in [0.29, 0.717) is 0 Å². The van der Waals surface area contributed by atoms with Gasteiger partial charge in [-0.15, -0.1) is 0 Å². The Labute approximate surface area is 134 Å². The van der Waals surface area contributed by atoms with Crippen molar-refractivity contribution in [2.45, 2.75) is 18.9 Å². The number of anilines is 1. The van der Waals surface area contributed by atoms with Crippen LogP contribution in [0.25, 0.3) is 5.69 Å². The lowest BCUT2D eigenvalue weighted by Gasteiger charge is -2.36. The van der Waals surface area contributed by atoms with Gasteiger partial charge in [0.05, 0.1) is 0 Å². The lowest BCUT2D eigenvalue weighted by atomic mass is 10.0. The Morgan fingerprint density at radius 3 is 2.24 bits per heavy atom. The first-order valence-electron chi connectivity index (χ1n) is 7.35. The fourth-order valence-electron chi connectivity index (χ4n) is 2.92. The summed E-state index contributed by atoms with van der Waals surface area (Å²) in [6.45, 7) is 2.28. The second kappa shape index (κ2) is 6.20. The summed E-state index contributed by atoms with van der Waals surface area (Å²) in [5.74, 6) is 0. The van der Waals surface area contributed by atoms with Gasteiger partial charge in [0.2, 0.25) is 0 Å². The summed E-state index contributed by atoms with van der Waals surface area (Å²) in [6.07, 6.45) is 6.27. The minimum atomic E-state index is 0.726. The molecule has 2 heterocycles. The molecule has 2 aromatic rings. The molecule has 0 bridgehead atoms. The number of nitrogens with zero attached hydrogens (tertiary/aromatic N) is 4. The van der Waals surface area contributed by atoms with E-state index in [1.165, 1.54) is 18.5 Å². The molecule has 0 amide bonds. The first-order valence-corrected chi connectivity index (χ1v) is 8.14. The van der Waals surface area contributed by atoms with E-state index in [0.717, 1.165) is 29.4 Å². The summed E-state index contributed by atoms with van der Waals surface area (Å²) in [4.78, 5) is 9.02. The Balaban J connectivity index is 1.68. The van der Waals surface area contributed by atoms with Gasteiger partial charge in [-0.3, -0.25) is 0 Å². The van der Waals surface area contributed by atoms with Crippen LogP contribution in [-0.2, 0) is 0 Å². The summed E-state index contributed by atoms with van der Waals surface area (Å²) < 4.78 is 2.88. The molecule has 0 unspecified atom stereocenters. The molecule has 1 aromatic heterocycles. The normalized spacial score (nSPS) is 16.7. The Bertz CT molecular complexity index is 583. The summed E-state index contributed by atoms with van der Waals surface area (Å²) in [6, 6.07) is 9.45. The molecule has 0 spiro atoms. The third-order valence-corrected chi connectivity index (χ3v) is 4.67. The molecule has 0 radical (unpaired) electrons. The van der Waals surface area contributed by atoms with Crippen molar-refractivity contribution in [3.8, 4) is 5.69 Å². The maximum Gasteiger partial charge on any atom is 0.124 e. The van der Waals surface area contributed by atoms with E-state index in [1.807, 2.05) is 17.1 Å². The average molecular weight is 349 g/mol. The van der Waals surface area contributed by atoms with Gasteiger partial charge in [0.15, 0.2) is 0 Å². The molecule has 0 atom stereocenters. The number of piperidine rings is 1. The van der Waals surface area contributed by atoms with Crippen LogP contribution >= 0.6 is 15.9 Å². The van der Waals surface area contributed by atoms with Crippen molar-refractivity contribution >= 4 is 21.6 Å². The summed E-state index contributed by atoms with van der Waals surface area (Å²) in [5, 5.41) is 0. The van der Waals surface area contributed by atoms with Gasteiger partial charge >= 0.3 is 0 Å². The van der Waals surface area contributed by atoms with Gasteiger partial charge in [-0.1, -0.05) is 0 Å². The second-order valence-corrected chi connectivity index (χ2v) is 6.61. The van der Waals surface area contributed by atoms with E-state index in [2.05, 4.69) is 69.1 Å². The van der Waals surface area contributed by atoms with E-state index in [1.54, 1.807) is 0 Å². The Morgan fingerprint density at radius 2 is 1.71 bits per heavy atom. The Hall–Kier alpha value is -1.33. The molecule has 1 aliphatic rings. The molecule has 1 saturated heterocycles. The van der Waals surface area contributed by atoms with Gasteiger partial charge in [0, 0.05) is 36.7 Å². The average Bonchev–Trinajstić information content (AvgIpc) is 2.94. The monoisotopic (exact) mass is 348 g/mol. The first kappa shape index (κ1) is 14.6. The highest BCUT2D eigenvalue weighted by molar-refractivity contribution is 9.10. The Morgan fingerprint density at radius 1 is 1.10 bits per heavy atom. The van der Waals surface area contributed by atoms with E-state index >= 15 is 0 Å². The van der Waals surface area contributed by atoms with Crippen molar-refractivity contribution in [1.82, 2.24) is 14.5 Å². The molecule has 112 valence electrons. The molecule has 21 heavy (non-hydrogen) atoms. The molecule has 4 nitrogen and oxygen atoms in total. The number of benzene rings is 1. The van der Waals surface area contributed by atoms with Crippen molar-refractivity contribution in [3.63, 3.8) is 0 Å². The van der Waals surface area contributed by atoms with Crippen LogP contribution in [0.2, 0.25) is 0 Å². The lowest BCUT2D eigenvalue weighted by molar-refractivity contribution is 0.249. The van der Waals surface area contributed by atoms with E-state index < -0.39 is 0 Å². The molecule has 3 rings (SSSR count). The van der Waals surface area contributed by atoms with Crippen LogP contribution in [-0.4, -0.2) is 47.7 Å². The SMILES string of the molecule is CN(C)C1CCN(c2ccc(-n3cnc(Br)c3)cc2)CC1. The second-order valence-electron chi connectivity index (χ2n) is 5.80.